The maximum Gasteiger partial charge on any atom is 0.236 e. The topological polar surface area (TPSA) is 83.4 Å². The highest BCUT2D eigenvalue weighted by Gasteiger charge is 2.30. The van der Waals surface area contributed by atoms with Crippen LogP contribution in [0.15, 0.2) is 296 Å². The van der Waals surface area contributed by atoms with Crippen molar-refractivity contribution in [3.05, 3.63) is 291 Å². The third kappa shape index (κ3) is 6.81. The number of hydrogen-bond acceptors (Lipinski definition) is 6. The van der Waals surface area contributed by atoms with Crippen LogP contribution in [-0.4, -0.2) is 37.9 Å². The molecule has 0 atom stereocenters. The van der Waals surface area contributed by atoms with Crippen LogP contribution in [0.1, 0.15) is 0 Å². The Balaban J connectivity index is 0.711. The van der Waals surface area contributed by atoms with Gasteiger partial charge in [-0.05, 0) is 99.4 Å². The molecule has 9 nitrogen and oxygen atoms in total. The van der Waals surface area contributed by atoms with Crippen molar-refractivity contribution in [3.8, 4) is 45.5 Å². The van der Waals surface area contributed by atoms with E-state index in [0.717, 1.165) is 115 Å². The van der Waals surface area contributed by atoms with Gasteiger partial charge in [-0.25, -0.2) is 19.9 Å². The standard InChI is InChI=1S/C92H48N8OS/c1-2-20-54-45-56(38-35-49(54)17-1)81-89-83(64-26-10-15-31-75(64)101-89)95-91(93-81)97-70-29-13-8-24-62(70)78-74(97)48-67-60-43-40-52-19-4-6-22-58(52)86(60)100-72-44-41-55(46-68(72)80(78)88(67)100)50-33-36-53(37-34-50)82-90-84(65-27-11-16-32-76(65)102-90)96-92(94-82)98-69-28-12-7-23-61(69)77-73(98)47-66-59-42-39-51-18-3-5-21-57(51)85(59)99-71-30-14-9-25-63(71)79(77)87(66)99/h1-48H. The molecule has 0 radical (unpaired) electrons. The van der Waals surface area contributed by atoms with Crippen LogP contribution in [0, 0.1) is 0 Å². The van der Waals surface area contributed by atoms with Crippen molar-refractivity contribution in [3.63, 3.8) is 0 Å². The Morgan fingerprint density at radius 3 is 1.41 bits per heavy atom. The highest BCUT2D eigenvalue weighted by Crippen LogP contribution is 2.52. The SMILES string of the molecule is c1ccc2cc(-c3nc(-n4c5ccccc5c5c6c7cc(-c8ccc(-c9nc(-n%10c%11ccccc%11c%11c%12c%13ccccc%13n%13c%14c%15ccccc%15ccc%14c(cc%11%10)c%12%13)nc%10c9sc9ccccc9%10)cc8)ccc7n7c8c9ccccc9ccc8c(cc54)c67)nc4c3oc3ccccc34)ccc2c1. The molecule has 0 unspecified atom stereocenters. The van der Waals surface area contributed by atoms with Crippen molar-refractivity contribution in [2.45, 2.75) is 0 Å². The number of benzene rings is 15. The highest BCUT2D eigenvalue weighted by molar-refractivity contribution is 7.26. The van der Waals surface area contributed by atoms with Gasteiger partial charge in [0.05, 0.1) is 71.1 Å². The van der Waals surface area contributed by atoms with Gasteiger partial charge in [0, 0.05) is 102 Å². The van der Waals surface area contributed by atoms with Gasteiger partial charge in [-0.1, -0.05) is 224 Å². The summed E-state index contributed by atoms with van der Waals surface area (Å²) < 4.78 is 18.7. The second kappa shape index (κ2) is 19.2. The maximum absolute atomic E-state index is 6.76. The van der Waals surface area contributed by atoms with Crippen molar-refractivity contribution in [2.24, 2.45) is 0 Å². The van der Waals surface area contributed by atoms with E-state index in [1.165, 1.54) is 108 Å². The lowest BCUT2D eigenvalue weighted by Gasteiger charge is -2.11. The lowest BCUT2D eigenvalue weighted by molar-refractivity contribution is 0.666. The quantitative estimate of drug-likeness (QED) is 0.171. The number of nitrogens with zero attached hydrogens (tertiary/aromatic N) is 8. The van der Waals surface area contributed by atoms with E-state index in [1.807, 2.05) is 12.1 Å². The average molecular weight is 1310 g/mol. The van der Waals surface area contributed by atoms with Crippen LogP contribution in [0.2, 0.25) is 0 Å². The Kier molecular flexibility index (Phi) is 10.1. The van der Waals surface area contributed by atoms with E-state index in [9.17, 15) is 0 Å². The summed E-state index contributed by atoms with van der Waals surface area (Å²) in [6.07, 6.45) is 0. The molecule has 10 heteroatoms. The molecule has 10 aromatic heterocycles. The first kappa shape index (κ1) is 53.5. The van der Waals surface area contributed by atoms with Crippen LogP contribution >= 0.6 is 11.3 Å². The molecule has 0 N–H and O–H groups in total. The van der Waals surface area contributed by atoms with E-state index < -0.39 is 0 Å². The average Bonchev–Trinajstić information content (AvgIpc) is 1.52. The first-order valence-corrected chi connectivity index (χ1v) is 35.5. The summed E-state index contributed by atoms with van der Waals surface area (Å²) >= 11 is 1.76. The molecule has 25 aromatic rings. The molecule has 0 spiro atoms. The third-order valence-electron chi connectivity index (χ3n) is 22.4. The van der Waals surface area contributed by atoms with Gasteiger partial charge in [-0.3, -0.25) is 9.13 Å². The van der Waals surface area contributed by atoms with Crippen molar-refractivity contribution >= 4 is 206 Å². The van der Waals surface area contributed by atoms with Crippen LogP contribution in [0.3, 0.4) is 0 Å². The number of aromatic nitrogens is 8. The molecule has 0 fully saturated rings. The molecule has 0 saturated carbocycles. The van der Waals surface area contributed by atoms with E-state index in [1.54, 1.807) is 11.3 Å². The molecule has 468 valence electrons. The fourth-order valence-corrected chi connectivity index (χ4v) is 19.2. The van der Waals surface area contributed by atoms with E-state index in [0.29, 0.717) is 17.5 Å². The molecule has 15 aromatic carbocycles. The third-order valence-corrected chi connectivity index (χ3v) is 23.6. The van der Waals surface area contributed by atoms with Crippen LogP contribution in [-0.2, 0) is 0 Å². The van der Waals surface area contributed by atoms with Gasteiger partial charge in [0.15, 0.2) is 5.58 Å². The summed E-state index contributed by atoms with van der Waals surface area (Å²) in [6, 6.07) is 106. The number of hydrogen-bond donors (Lipinski definition) is 0. The predicted octanol–water partition coefficient (Wildman–Crippen LogP) is 24.5. The lowest BCUT2D eigenvalue weighted by atomic mass is 9.97. The normalized spacial score (nSPS) is 12.7. The van der Waals surface area contributed by atoms with Crippen LogP contribution in [0.4, 0.5) is 0 Å². The monoisotopic (exact) mass is 1310 g/mol. The zero-order valence-corrected chi connectivity index (χ0v) is 54.9. The summed E-state index contributed by atoms with van der Waals surface area (Å²) in [7, 11) is 0. The minimum absolute atomic E-state index is 0.579. The predicted molar refractivity (Wildman–Crippen MR) is 425 cm³/mol. The highest BCUT2D eigenvalue weighted by atomic mass is 32.1. The molecule has 0 aliphatic rings. The molecule has 0 saturated heterocycles. The Bertz CT molecular complexity index is 8080. The molecule has 10 heterocycles. The molecule has 0 aliphatic carbocycles. The Morgan fingerprint density at radius 1 is 0.265 bits per heavy atom. The summed E-state index contributed by atoms with van der Waals surface area (Å²) in [5, 5.41) is 23.5. The first-order valence-electron chi connectivity index (χ1n) is 34.7. The summed E-state index contributed by atoms with van der Waals surface area (Å²) in [6.45, 7) is 0. The number of fused-ring (bicyclic) bond motifs is 31. The zero-order chi connectivity index (χ0) is 65.9. The fraction of sp³-hybridized carbons (Fsp3) is 0. The van der Waals surface area contributed by atoms with Crippen LogP contribution in [0.5, 0.6) is 0 Å². The Labute approximate surface area is 581 Å². The summed E-state index contributed by atoms with van der Waals surface area (Å²) in [5.74, 6) is 1.22. The Morgan fingerprint density at radius 2 is 0.745 bits per heavy atom. The minimum Gasteiger partial charge on any atom is -0.452 e. The van der Waals surface area contributed by atoms with Gasteiger partial charge in [-0.15, -0.1) is 11.3 Å². The van der Waals surface area contributed by atoms with Gasteiger partial charge < -0.3 is 13.2 Å². The van der Waals surface area contributed by atoms with Crippen LogP contribution < -0.4 is 0 Å². The van der Waals surface area contributed by atoms with Crippen molar-refractivity contribution in [1.29, 1.82) is 0 Å². The van der Waals surface area contributed by atoms with Gasteiger partial charge in [0.25, 0.3) is 0 Å². The molecule has 25 rings (SSSR count). The number of rotatable bonds is 5. The molecule has 0 bridgehead atoms. The van der Waals surface area contributed by atoms with Gasteiger partial charge in [0.1, 0.15) is 16.8 Å². The van der Waals surface area contributed by atoms with Crippen molar-refractivity contribution < 1.29 is 4.42 Å². The molecule has 0 amide bonds. The first-order chi connectivity index (χ1) is 50.6. The second-order valence-corrected chi connectivity index (χ2v) is 28.6. The van der Waals surface area contributed by atoms with Crippen LogP contribution in [0.25, 0.3) is 240 Å². The van der Waals surface area contributed by atoms with Gasteiger partial charge in [0.2, 0.25) is 11.9 Å². The molecule has 102 heavy (non-hydrogen) atoms. The molecular formula is C92H48N8OS. The maximum atomic E-state index is 6.76. The second-order valence-electron chi connectivity index (χ2n) is 27.5. The summed E-state index contributed by atoms with van der Waals surface area (Å²) in [5.41, 5.74) is 20.4. The van der Waals surface area contributed by atoms with E-state index >= 15 is 0 Å². The fourth-order valence-electron chi connectivity index (χ4n) is 18.1. The smallest absolute Gasteiger partial charge is 0.236 e. The molecule has 0 aliphatic heterocycles. The van der Waals surface area contributed by atoms with Crippen molar-refractivity contribution in [1.82, 2.24) is 37.9 Å². The minimum atomic E-state index is 0.579. The van der Waals surface area contributed by atoms with Crippen molar-refractivity contribution in [2.75, 3.05) is 0 Å². The molecular weight excluding hydrogens is 1270 g/mol. The van der Waals surface area contributed by atoms with Gasteiger partial charge >= 0.3 is 0 Å². The number of para-hydroxylation sites is 4. The largest absolute Gasteiger partial charge is 0.452 e. The van der Waals surface area contributed by atoms with Gasteiger partial charge in [-0.2, -0.15) is 0 Å². The van der Waals surface area contributed by atoms with E-state index in [2.05, 4.69) is 297 Å². The lowest BCUT2D eigenvalue weighted by Crippen LogP contribution is -2.03. The summed E-state index contributed by atoms with van der Waals surface area (Å²) in [4.78, 5) is 22.7. The van der Waals surface area contributed by atoms with E-state index in [4.69, 9.17) is 24.4 Å². The Hall–Kier alpha value is -13.5. The number of furan rings is 1. The van der Waals surface area contributed by atoms with E-state index in [-0.39, 0.29) is 0 Å². The number of thiophene rings is 1. The zero-order valence-electron chi connectivity index (χ0n) is 54.1.